The average molecular weight is 1240 g/mol. The van der Waals surface area contributed by atoms with Crippen LogP contribution in [0.4, 0.5) is 142 Å². The molecular weight excluding hydrogens is 1180 g/mol. The first kappa shape index (κ1) is 77.1. The van der Waals surface area contributed by atoms with Crippen LogP contribution in [0.25, 0.3) is 0 Å². The number of alkyl halides is 29. The van der Waals surface area contributed by atoms with Gasteiger partial charge in [0.15, 0.2) is 11.5 Å². The lowest BCUT2D eigenvalue weighted by Crippen LogP contribution is -3.16. The van der Waals surface area contributed by atoms with E-state index in [1.54, 1.807) is 0 Å². The van der Waals surface area contributed by atoms with Crippen molar-refractivity contribution in [1.29, 1.82) is 0 Å². The van der Waals surface area contributed by atoms with Gasteiger partial charge in [0.25, 0.3) is 0 Å². The van der Waals surface area contributed by atoms with Crippen LogP contribution in [0, 0.1) is 11.6 Å². The van der Waals surface area contributed by atoms with E-state index >= 15 is 105 Å². The van der Waals surface area contributed by atoms with Gasteiger partial charge in [-0.1, -0.05) is 112 Å². The van der Waals surface area contributed by atoms with E-state index in [1.165, 1.54) is 34.6 Å². The molecule has 1 nitrogen and oxygen atoms in total. The second-order valence-corrected chi connectivity index (χ2v) is 19.6. The lowest BCUT2D eigenvalue weighted by atomic mass is 9.08. The van der Waals surface area contributed by atoms with Crippen LogP contribution < -0.4 is 4.90 Å². The van der Waals surface area contributed by atoms with E-state index in [1.807, 2.05) is 0 Å². The third-order valence-corrected chi connectivity index (χ3v) is 13.6. The fourth-order valence-corrected chi connectivity index (χ4v) is 8.76. The van der Waals surface area contributed by atoms with Gasteiger partial charge in [0.1, 0.15) is 5.82 Å². The fraction of sp³-hybridized carbons (Fsp3) is 0.872. The van der Waals surface area contributed by atoms with Crippen molar-refractivity contribution in [3.63, 3.8) is 0 Å². The zero-order valence-corrected chi connectivity index (χ0v) is 43.6. The molecule has 1 aromatic rings. The van der Waals surface area contributed by atoms with Gasteiger partial charge in [0, 0.05) is 31.7 Å². The van der Waals surface area contributed by atoms with Crippen molar-refractivity contribution in [1.82, 2.24) is 0 Å². The van der Waals surface area contributed by atoms with E-state index in [2.05, 4.69) is 0 Å². The number of benzene rings is 1. The molecule has 0 aliphatic heterocycles. The van der Waals surface area contributed by atoms with E-state index in [4.69, 9.17) is 0 Å². The van der Waals surface area contributed by atoms with E-state index < -0.39 is 195 Å². The summed E-state index contributed by atoms with van der Waals surface area (Å²) in [6.45, 7) is 5.75. The zero-order chi connectivity index (χ0) is 63.5. The molecule has 80 heavy (non-hydrogen) atoms. The maximum Gasteiger partial charge on any atom is 0.515 e. The van der Waals surface area contributed by atoms with Crippen LogP contribution >= 0.6 is 0 Å². The normalized spacial score (nSPS) is 15.3. The Morgan fingerprint density at radius 3 is 0.800 bits per heavy atom. The van der Waals surface area contributed by atoms with Crippen LogP contribution in [0.2, 0.25) is 0 Å². The highest BCUT2D eigenvalue weighted by Gasteiger charge is 3.03. The SMILES string of the molecule is CCCCCCC(F)(F)C(F)(F)C(F)(F)[B-](C(F)(F)C(F)(F)C(F)(F)CCCCCC)(C(F)(F)C(F)(F)C(F)(F)CCCCCC)C(F)(F)C(F)(F)C(F)(F)CCCCCC.CCC[NH+](c1cc(F)ccc1F)C(F)(F)C(F)(F)F. The number of hydrogen-bond acceptors (Lipinski definition) is 0. The van der Waals surface area contributed by atoms with Crippen LogP contribution in [0.3, 0.4) is 0 Å². The summed E-state index contributed by atoms with van der Waals surface area (Å²) in [6.07, 6.45) is -40.7. The van der Waals surface area contributed by atoms with Crippen LogP contribution in [0.5, 0.6) is 0 Å². The third-order valence-electron chi connectivity index (χ3n) is 13.6. The molecule has 1 unspecified atom stereocenters. The predicted molar refractivity (Wildman–Crippen MR) is 233 cm³/mol. The summed E-state index contributed by atoms with van der Waals surface area (Å²) in [5, 5.41) is 0. The van der Waals surface area contributed by atoms with E-state index in [0.29, 0.717) is 18.2 Å². The quantitative estimate of drug-likeness (QED) is 0.0296. The lowest BCUT2D eigenvalue weighted by Gasteiger charge is -2.63. The standard InChI is InChI=1S/C36H52BF24.C11H10F7N/c1-5-9-13-17-21-25(38,39)29(46,47)33(54,55)37(34(56,57)30(48,49)26(40,41)22-18-14-10-6-2,35(58,59)31(50,51)27(42,43)23-19-15-11-7-3)36(60,61)32(52,53)28(44,45)24-20-16-12-8-4;1-2-5-19(11(17,18)10(14,15)16)9-6-7(12)3-4-8(9)13/h5-24H2,1-4H3;3-4,6H,2,5H2,1H3/q-1;/p+1. The molecule has 0 aliphatic carbocycles. The molecule has 33 heteroatoms. The van der Waals surface area contributed by atoms with Gasteiger partial charge < -0.3 is 0 Å². The van der Waals surface area contributed by atoms with Crippen LogP contribution in [-0.4, -0.2) is 95.6 Å². The Hall–Kier alpha value is -2.93. The summed E-state index contributed by atoms with van der Waals surface area (Å²) < 4.78 is 469. The molecule has 0 spiro atoms. The van der Waals surface area contributed by atoms with Crippen molar-refractivity contribution in [2.75, 3.05) is 6.54 Å². The molecule has 1 atom stereocenters. The highest BCUT2D eigenvalue weighted by molar-refractivity contribution is 6.89. The first-order chi connectivity index (χ1) is 35.9. The summed E-state index contributed by atoms with van der Waals surface area (Å²) in [5.74, 6) is -106. The minimum Gasteiger partial charge on any atom is -0.244 e. The third kappa shape index (κ3) is 14.6. The maximum atomic E-state index is 16.5. The first-order valence-corrected chi connectivity index (χ1v) is 25.3. The van der Waals surface area contributed by atoms with Gasteiger partial charge in [-0.15, -0.1) is 8.78 Å². The largest absolute Gasteiger partial charge is 0.515 e. The van der Waals surface area contributed by atoms with Crippen molar-refractivity contribution >= 4 is 11.8 Å². The Balaban J connectivity index is 0.00000274. The van der Waals surface area contributed by atoms with Crippen molar-refractivity contribution in [2.45, 2.75) is 252 Å². The van der Waals surface area contributed by atoms with E-state index in [-0.39, 0.29) is 57.8 Å². The second kappa shape index (κ2) is 27.9. The van der Waals surface area contributed by atoms with Gasteiger partial charge in [-0.25, -0.2) is 48.8 Å². The van der Waals surface area contributed by atoms with E-state index in [9.17, 15) is 30.7 Å². The first-order valence-electron chi connectivity index (χ1n) is 25.3. The van der Waals surface area contributed by atoms with Crippen molar-refractivity contribution in [3.8, 4) is 0 Å². The summed E-state index contributed by atoms with van der Waals surface area (Å²) in [4.78, 5) is -1.46. The maximum absolute atomic E-state index is 16.5. The summed E-state index contributed by atoms with van der Waals surface area (Å²) in [6, 6.07) is -3.68. The Morgan fingerprint density at radius 2 is 0.588 bits per heavy atom. The molecule has 0 saturated carbocycles. The Kier molecular flexibility index (Phi) is 26.8. The molecule has 0 bridgehead atoms. The summed E-state index contributed by atoms with van der Waals surface area (Å²) >= 11 is 0. The average Bonchev–Trinajstić information content (AvgIpc) is 3.31. The monoisotopic (exact) mass is 1240 g/mol. The molecule has 1 N–H and O–H groups in total. The van der Waals surface area contributed by atoms with Crippen molar-refractivity contribution < 1.29 is 141 Å². The molecular formula is C47H63BF31N. The molecule has 0 radical (unpaired) electrons. The Morgan fingerprint density at radius 1 is 0.338 bits per heavy atom. The fourth-order valence-electron chi connectivity index (χ4n) is 8.76. The number of hydrogen-bond donors (Lipinski definition) is 1. The van der Waals surface area contributed by atoms with Gasteiger partial charge >= 0.3 is 65.7 Å². The number of unbranched alkanes of at least 4 members (excludes halogenated alkanes) is 12. The minimum atomic E-state index is -11.7. The molecule has 0 aromatic heterocycles. The summed E-state index contributed by atoms with van der Waals surface area (Å²) in [7, 11) is 0. The highest BCUT2D eigenvalue weighted by atomic mass is 19.4. The van der Waals surface area contributed by atoms with Gasteiger partial charge in [0.2, 0.25) is 23.3 Å². The van der Waals surface area contributed by atoms with Crippen molar-refractivity contribution in [3.05, 3.63) is 29.8 Å². The van der Waals surface area contributed by atoms with Gasteiger partial charge in [-0.05, 0) is 44.2 Å². The van der Waals surface area contributed by atoms with Crippen LogP contribution in [0.15, 0.2) is 18.2 Å². The Bertz CT molecular complexity index is 1800. The lowest BCUT2D eigenvalue weighted by molar-refractivity contribution is -0.950. The van der Waals surface area contributed by atoms with Gasteiger partial charge in [0.05, 0.1) is 6.54 Å². The topological polar surface area (TPSA) is 4.44 Å². The molecule has 1 rings (SSSR count). The van der Waals surface area contributed by atoms with Crippen LogP contribution in [-0.2, 0) is 0 Å². The molecule has 0 fully saturated rings. The number of rotatable bonds is 36. The van der Waals surface area contributed by atoms with Gasteiger partial charge in [-0.3, -0.25) is 0 Å². The minimum absolute atomic E-state index is 0.0414. The Labute approximate surface area is 441 Å². The molecule has 476 valence electrons. The molecule has 1 aromatic carbocycles. The molecule has 0 heterocycles. The molecule has 0 aliphatic rings. The van der Waals surface area contributed by atoms with Crippen LogP contribution in [0.1, 0.15) is 169 Å². The zero-order valence-electron chi connectivity index (χ0n) is 43.6. The predicted octanol–water partition coefficient (Wildman–Crippen LogP) is 20.1. The molecule has 0 amide bonds. The second-order valence-electron chi connectivity index (χ2n) is 19.6. The summed E-state index contributed by atoms with van der Waals surface area (Å²) in [5.41, 5.74) is -1.04. The number of halogens is 31. The van der Waals surface area contributed by atoms with Crippen molar-refractivity contribution in [2.24, 2.45) is 0 Å². The van der Waals surface area contributed by atoms with Gasteiger partial charge in [-0.2, -0.15) is 83.4 Å². The van der Waals surface area contributed by atoms with E-state index in [0.717, 1.165) is 0 Å². The molecule has 0 saturated heterocycles. The number of quaternary nitrogens is 1. The highest BCUT2D eigenvalue weighted by Crippen LogP contribution is 2.73. The number of nitrogens with one attached hydrogen (secondary N) is 1. The smallest absolute Gasteiger partial charge is 0.244 e.